The lowest BCUT2D eigenvalue weighted by Crippen LogP contribution is -2.18. The first-order valence-corrected chi connectivity index (χ1v) is 7.03. The van der Waals surface area contributed by atoms with Crippen molar-refractivity contribution >= 4 is 34.0 Å². The monoisotopic (exact) mass is 291 g/mol. The molecule has 0 saturated carbocycles. The van der Waals surface area contributed by atoms with Crippen LogP contribution in [-0.4, -0.2) is 24.0 Å². The van der Waals surface area contributed by atoms with E-state index in [4.69, 9.17) is 10.5 Å². The van der Waals surface area contributed by atoms with Gasteiger partial charge in [-0.2, -0.15) is 4.37 Å². The molecule has 0 spiro atoms. The van der Waals surface area contributed by atoms with Crippen molar-refractivity contribution < 1.29 is 9.53 Å². The molecule has 2 N–H and O–H groups in total. The summed E-state index contributed by atoms with van der Waals surface area (Å²) in [4.78, 5) is 13.9. The maximum Gasteiger partial charge on any atom is 0.344 e. The number of esters is 1. The first kappa shape index (κ1) is 14.3. The highest BCUT2D eigenvalue weighted by Crippen LogP contribution is 2.35. The molecule has 0 saturated heterocycles. The molecule has 0 bridgehead atoms. The van der Waals surface area contributed by atoms with Crippen LogP contribution in [0.15, 0.2) is 24.3 Å². The lowest BCUT2D eigenvalue weighted by Gasteiger charge is -2.22. The third-order valence-corrected chi connectivity index (χ3v) is 3.85. The lowest BCUT2D eigenvalue weighted by molar-refractivity contribution is 0.0603. The number of aryl methyl sites for hydroxylation is 1. The third-order valence-electron chi connectivity index (χ3n) is 2.96. The second-order valence-corrected chi connectivity index (χ2v) is 5.07. The van der Waals surface area contributed by atoms with Gasteiger partial charge in [-0.3, -0.25) is 0 Å². The van der Waals surface area contributed by atoms with E-state index < -0.39 is 5.97 Å². The molecule has 0 atom stereocenters. The van der Waals surface area contributed by atoms with Crippen LogP contribution in [0.25, 0.3) is 0 Å². The van der Waals surface area contributed by atoms with Crippen LogP contribution in [0.3, 0.4) is 0 Å². The van der Waals surface area contributed by atoms with Crippen LogP contribution >= 0.6 is 11.5 Å². The molecule has 0 aliphatic carbocycles. The van der Waals surface area contributed by atoms with E-state index in [2.05, 4.69) is 10.4 Å². The van der Waals surface area contributed by atoms with E-state index in [9.17, 15) is 4.79 Å². The highest BCUT2D eigenvalue weighted by atomic mass is 32.1. The molecule has 0 aliphatic heterocycles. The Balaban J connectivity index is 2.50. The molecule has 1 aromatic carbocycles. The van der Waals surface area contributed by atoms with Gasteiger partial charge in [-0.05, 0) is 43.1 Å². The summed E-state index contributed by atoms with van der Waals surface area (Å²) in [6.45, 7) is 4.74. The van der Waals surface area contributed by atoms with Crippen LogP contribution in [0.5, 0.6) is 0 Å². The second kappa shape index (κ2) is 5.92. The smallest absolute Gasteiger partial charge is 0.344 e. The number of anilines is 3. The summed E-state index contributed by atoms with van der Waals surface area (Å²) in [5.74, 6) is -0.250. The number of benzene rings is 1. The minimum absolute atomic E-state index is 0.211. The van der Waals surface area contributed by atoms with Crippen molar-refractivity contribution in [3.8, 4) is 0 Å². The van der Waals surface area contributed by atoms with Crippen LogP contribution < -0.4 is 10.6 Å². The third kappa shape index (κ3) is 2.60. The molecule has 20 heavy (non-hydrogen) atoms. The summed E-state index contributed by atoms with van der Waals surface area (Å²) < 4.78 is 8.87. The van der Waals surface area contributed by atoms with E-state index in [0.29, 0.717) is 17.1 Å². The Morgan fingerprint density at radius 3 is 2.85 bits per heavy atom. The number of methoxy groups -OCH3 is 1. The van der Waals surface area contributed by atoms with Crippen LogP contribution in [0.1, 0.15) is 22.8 Å². The maximum absolute atomic E-state index is 11.9. The average Bonchev–Trinajstić information content (AvgIpc) is 2.81. The predicted molar refractivity (Wildman–Crippen MR) is 81.7 cm³/mol. The maximum atomic E-state index is 11.9. The number of ether oxygens (including phenoxy) is 1. The molecule has 6 heteroatoms. The molecule has 2 aromatic rings. The summed E-state index contributed by atoms with van der Waals surface area (Å²) in [5.41, 5.74) is 8.28. The zero-order valence-corrected chi connectivity index (χ0v) is 12.5. The fourth-order valence-corrected chi connectivity index (χ4v) is 2.90. The van der Waals surface area contributed by atoms with Crippen molar-refractivity contribution in [2.24, 2.45) is 0 Å². The van der Waals surface area contributed by atoms with E-state index >= 15 is 0 Å². The highest BCUT2D eigenvalue weighted by molar-refractivity contribution is 7.11. The van der Waals surface area contributed by atoms with Gasteiger partial charge in [-0.1, -0.05) is 12.1 Å². The standard InChI is InChI=1S/C14H17N3O2S/c1-4-17(10-7-5-6-9(2)8-10)13-11(14(18)19-3)12(15)16-20-13/h5-8H,4H2,1-3H3,(H2,15,16). The van der Waals surface area contributed by atoms with E-state index in [0.717, 1.165) is 11.3 Å². The fraction of sp³-hybridized carbons (Fsp3) is 0.286. The number of carbonyl (C=O) groups excluding carboxylic acids is 1. The van der Waals surface area contributed by atoms with Crippen LogP contribution in [0, 0.1) is 6.92 Å². The van der Waals surface area contributed by atoms with E-state index in [-0.39, 0.29) is 5.82 Å². The van der Waals surface area contributed by atoms with Gasteiger partial charge >= 0.3 is 5.97 Å². The second-order valence-electron chi connectivity index (χ2n) is 4.32. The van der Waals surface area contributed by atoms with Crippen molar-refractivity contribution in [3.05, 3.63) is 35.4 Å². The van der Waals surface area contributed by atoms with E-state index in [1.165, 1.54) is 18.6 Å². The topological polar surface area (TPSA) is 68.5 Å². The van der Waals surface area contributed by atoms with E-state index in [1.54, 1.807) is 0 Å². The SMILES string of the molecule is CCN(c1cccc(C)c1)c1snc(N)c1C(=O)OC. The average molecular weight is 291 g/mol. The van der Waals surface area contributed by atoms with Gasteiger partial charge in [0.15, 0.2) is 5.82 Å². The lowest BCUT2D eigenvalue weighted by atomic mass is 10.2. The van der Waals surface area contributed by atoms with Gasteiger partial charge in [0.05, 0.1) is 7.11 Å². The van der Waals surface area contributed by atoms with Crippen molar-refractivity contribution in [2.75, 3.05) is 24.3 Å². The number of carbonyl (C=O) groups is 1. The number of hydrogen-bond donors (Lipinski definition) is 1. The molecule has 0 fully saturated rings. The van der Waals surface area contributed by atoms with Crippen LogP contribution in [0.4, 0.5) is 16.5 Å². The molecule has 1 aromatic heterocycles. The van der Waals surface area contributed by atoms with Gasteiger partial charge in [0.25, 0.3) is 0 Å². The quantitative estimate of drug-likeness (QED) is 0.877. The molecule has 106 valence electrons. The van der Waals surface area contributed by atoms with Gasteiger partial charge in [0.2, 0.25) is 0 Å². The van der Waals surface area contributed by atoms with Crippen LogP contribution in [-0.2, 0) is 4.74 Å². The number of rotatable bonds is 4. The number of nitrogens with two attached hydrogens (primary N) is 1. The largest absolute Gasteiger partial charge is 0.465 e. The Labute approximate surface area is 122 Å². The number of aromatic nitrogens is 1. The van der Waals surface area contributed by atoms with Crippen molar-refractivity contribution in [1.29, 1.82) is 0 Å². The Kier molecular flexibility index (Phi) is 4.24. The summed E-state index contributed by atoms with van der Waals surface area (Å²) in [6.07, 6.45) is 0. The molecule has 2 rings (SSSR count). The van der Waals surface area contributed by atoms with Gasteiger partial charge in [0.1, 0.15) is 10.6 Å². The zero-order valence-electron chi connectivity index (χ0n) is 11.7. The highest BCUT2D eigenvalue weighted by Gasteiger charge is 2.24. The first-order chi connectivity index (χ1) is 9.58. The minimum Gasteiger partial charge on any atom is -0.465 e. The predicted octanol–water partition coefficient (Wildman–Crippen LogP) is 2.98. The van der Waals surface area contributed by atoms with Gasteiger partial charge < -0.3 is 15.4 Å². The Morgan fingerprint density at radius 1 is 1.50 bits per heavy atom. The molecule has 5 nitrogen and oxygen atoms in total. The zero-order chi connectivity index (χ0) is 14.7. The summed E-state index contributed by atoms with van der Waals surface area (Å²) >= 11 is 1.20. The summed E-state index contributed by atoms with van der Waals surface area (Å²) in [7, 11) is 1.34. The first-order valence-electron chi connectivity index (χ1n) is 6.26. The van der Waals surface area contributed by atoms with Gasteiger partial charge in [-0.25, -0.2) is 4.79 Å². The molecule has 0 aliphatic rings. The Morgan fingerprint density at radius 2 is 2.25 bits per heavy atom. The Hall–Kier alpha value is -2.08. The molecular formula is C14H17N3O2S. The summed E-state index contributed by atoms with van der Waals surface area (Å²) in [6, 6.07) is 8.06. The van der Waals surface area contributed by atoms with Gasteiger partial charge in [0, 0.05) is 12.2 Å². The van der Waals surface area contributed by atoms with Crippen molar-refractivity contribution in [1.82, 2.24) is 4.37 Å². The molecule has 1 heterocycles. The normalized spacial score (nSPS) is 10.3. The van der Waals surface area contributed by atoms with Gasteiger partial charge in [-0.15, -0.1) is 0 Å². The molecule has 0 amide bonds. The number of nitrogen functional groups attached to an aromatic ring is 1. The molecule has 0 radical (unpaired) electrons. The summed E-state index contributed by atoms with van der Waals surface area (Å²) in [5, 5.41) is 0.711. The Bertz CT molecular complexity index is 625. The fourth-order valence-electron chi connectivity index (χ4n) is 2.01. The van der Waals surface area contributed by atoms with Crippen LogP contribution in [0.2, 0.25) is 0 Å². The molecule has 0 unspecified atom stereocenters. The number of hydrogen-bond acceptors (Lipinski definition) is 6. The van der Waals surface area contributed by atoms with Crippen molar-refractivity contribution in [2.45, 2.75) is 13.8 Å². The number of nitrogens with zero attached hydrogens (tertiary/aromatic N) is 2. The van der Waals surface area contributed by atoms with Crippen molar-refractivity contribution in [3.63, 3.8) is 0 Å². The molecular weight excluding hydrogens is 274 g/mol. The minimum atomic E-state index is -0.461. The van der Waals surface area contributed by atoms with E-state index in [1.807, 2.05) is 36.9 Å².